The van der Waals surface area contributed by atoms with Crippen molar-refractivity contribution < 1.29 is 18.9 Å². The highest BCUT2D eigenvalue weighted by atomic mass is 16.5. The molecule has 0 aromatic carbocycles. The molecule has 0 aromatic rings. The van der Waals surface area contributed by atoms with E-state index in [2.05, 4.69) is 67.6 Å². The summed E-state index contributed by atoms with van der Waals surface area (Å²) in [6.07, 6.45) is 8.48. The van der Waals surface area contributed by atoms with E-state index < -0.39 is 0 Å². The molecule has 5 nitrogen and oxygen atoms in total. The lowest BCUT2D eigenvalue weighted by atomic mass is 9.83. The molecule has 1 aliphatic carbocycles. The minimum Gasteiger partial charge on any atom is -0.376 e. The highest BCUT2D eigenvalue weighted by molar-refractivity contribution is 4.80. The summed E-state index contributed by atoms with van der Waals surface area (Å²) in [5.74, 6) is 0.808. The van der Waals surface area contributed by atoms with E-state index in [4.69, 9.17) is 18.9 Å². The summed E-state index contributed by atoms with van der Waals surface area (Å²) < 4.78 is 24.0. The van der Waals surface area contributed by atoms with Crippen LogP contribution in [0.3, 0.4) is 0 Å². The molecule has 1 saturated carbocycles. The third kappa shape index (κ3) is 15.3. The van der Waals surface area contributed by atoms with Gasteiger partial charge in [0.2, 0.25) is 0 Å². The Morgan fingerprint density at radius 1 is 0.774 bits per heavy atom. The second kappa shape index (κ2) is 14.8. The molecule has 0 spiro atoms. The Labute approximate surface area is 193 Å². The summed E-state index contributed by atoms with van der Waals surface area (Å²) in [6.45, 7) is 21.1. The van der Waals surface area contributed by atoms with Crippen LogP contribution < -0.4 is 5.32 Å². The van der Waals surface area contributed by atoms with Gasteiger partial charge in [0.25, 0.3) is 0 Å². The molecule has 0 aliphatic heterocycles. The number of nitrogens with one attached hydrogen (secondary N) is 1. The van der Waals surface area contributed by atoms with Crippen molar-refractivity contribution in [3.05, 3.63) is 0 Å². The Bertz CT molecular complexity index is 439. The summed E-state index contributed by atoms with van der Waals surface area (Å²) in [7, 11) is 0. The number of hydrogen-bond acceptors (Lipinski definition) is 5. The predicted molar refractivity (Wildman–Crippen MR) is 130 cm³/mol. The molecule has 0 radical (unpaired) electrons. The average molecular weight is 444 g/mol. The van der Waals surface area contributed by atoms with Crippen LogP contribution in [0.5, 0.6) is 0 Å². The van der Waals surface area contributed by atoms with Crippen molar-refractivity contribution in [3.8, 4) is 0 Å². The molecule has 1 rings (SSSR count). The summed E-state index contributed by atoms with van der Waals surface area (Å²) in [5.41, 5.74) is -0.131. The Hall–Kier alpha value is -0.200. The molecule has 0 amide bonds. The lowest BCUT2D eigenvalue weighted by molar-refractivity contribution is -0.0874. The van der Waals surface area contributed by atoms with Gasteiger partial charge in [-0.3, -0.25) is 0 Å². The normalized spacial score (nSPS) is 22.5. The van der Waals surface area contributed by atoms with E-state index in [0.717, 1.165) is 18.9 Å². The first-order valence-electron chi connectivity index (χ1n) is 12.7. The lowest BCUT2D eigenvalue weighted by Crippen LogP contribution is -2.42. The van der Waals surface area contributed by atoms with Gasteiger partial charge in [-0.1, -0.05) is 0 Å². The van der Waals surface area contributed by atoms with Crippen LogP contribution in [-0.4, -0.2) is 61.9 Å². The fourth-order valence-electron chi connectivity index (χ4n) is 4.12. The quantitative estimate of drug-likeness (QED) is 0.350. The van der Waals surface area contributed by atoms with Gasteiger partial charge >= 0.3 is 0 Å². The standard InChI is InChI=1S/C26H53NO4/c1-19(2)28-17-24(30-20(3)4)15-12-22-10-13-23(14-11-22)27-16-25(31-21(5)6)18-29-26(7,8)9/h19-25,27H,10-18H2,1-9H3. The van der Waals surface area contributed by atoms with E-state index in [-0.39, 0.29) is 36.1 Å². The van der Waals surface area contributed by atoms with Crippen LogP contribution in [0, 0.1) is 5.92 Å². The fraction of sp³-hybridized carbons (Fsp3) is 1.00. The monoisotopic (exact) mass is 443 g/mol. The van der Waals surface area contributed by atoms with Gasteiger partial charge < -0.3 is 24.3 Å². The maximum Gasteiger partial charge on any atom is 0.0936 e. The van der Waals surface area contributed by atoms with Gasteiger partial charge in [-0.25, -0.2) is 0 Å². The highest BCUT2D eigenvalue weighted by Crippen LogP contribution is 2.29. The molecule has 0 aromatic heterocycles. The molecule has 1 N–H and O–H groups in total. The zero-order chi connectivity index (χ0) is 23.4. The number of ether oxygens (including phenoxy) is 4. The third-order valence-electron chi connectivity index (χ3n) is 5.62. The summed E-state index contributed by atoms with van der Waals surface area (Å²) in [4.78, 5) is 0. The van der Waals surface area contributed by atoms with Crippen LogP contribution >= 0.6 is 0 Å². The molecule has 1 aliphatic rings. The second-order valence-electron chi connectivity index (χ2n) is 11.1. The zero-order valence-electron chi connectivity index (χ0n) is 22.0. The van der Waals surface area contributed by atoms with E-state index in [1.807, 2.05) is 0 Å². The summed E-state index contributed by atoms with van der Waals surface area (Å²) in [6, 6.07) is 0.594. The van der Waals surface area contributed by atoms with Crippen LogP contribution in [0.25, 0.3) is 0 Å². The van der Waals surface area contributed by atoms with E-state index in [9.17, 15) is 0 Å². The van der Waals surface area contributed by atoms with Crippen LogP contribution in [-0.2, 0) is 18.9 Å². The summed E-state index contributed by atoms with van der Waals surface area (Å²) >= 11 is 0. The summed E-state index contributed by atoms with van der Waals surface area (Å²) in [5, 5.41) is 3.76. The zero-order valence-corrected chi connectivity index (χ0v) is 22.0. The van der Waals surface area contributed by atoms with E-state index in [1.54, 1.807) is 0 Å². The van der Waals surface area contributed by atoms with Crippen LogP contribution in [0.4, 0.5) is 0 Å². The lowest BCUT2D eigenvalue weighted by Gasteiger charge is -2.32. The van der Waals surface area contributed by atoms with Crippen molar-refractivity contribution >= 4 is 0 Å². The van der Waals surface area contributed by atoms with E-state index in [0.29, 0.717) is 19.3 Å². The van der Waals surface area contributed by atoms with Gasteiger partial charge in [0.05, 0.1) is 49.3 Å². The predicted octanol–water partition coefficient (Wildman–Crippen LogP) is 5.74. The molecular weight excluding hydrogens is 390 g/mol. The molecule has 0 saturated heterocycles. The molecule has 1 fully saturated rings. The minimum absolute atomic E-state index is 0.104. The van der Waals surface area contributed by atoms with Gasteiger partial charge in [0, 0.05) is 12.6 Å². The fourth-order valence-corrected chi connectivity index (χ4v) is 4.12. The van der Waals surface area contributed by atoms with E-state index >= 15 is 0 Å². The van der Waals surface area contributed by atoms with Crippen molar-refractivity contribution in [1.82, 2.24) is 5.32 Å². The smallest absolute Gasteiger partial charge is 0.0936 e. The Balaban J connectivity index is 2.34. The largest absolute Gasteiger partial charge is 0.376 e. The highest BCUT2D eigenvalue weighted by Gasteiger charge is 2.24. The Morgan fingerprint density at radius 2 is 1.35 bits per heavy atom. The third-order valence-corrected chi connectivity index (χ3v) is 5.62. The van der Waals surface area contributed by atoms with Gasteiger partial charge in [-0.2, -0.15) is 0 Å². The Kier molecular flexibility index (Phi) is 13.8. The molecule has 2 unspecified atom stereocenters. The average Bonchev–Trinajstić information content (AvgIpc) is 2.65. The first kappa shape index (κ1) is 28.8. The molecular formula is C26H53NO4. The van der Waals surface area contributed by atoms with Gasteiger partial charge in [-0.05, 0) is 107 Å². The van der Waals surface area contributed by atoms with Crippen LogP contribution in [0.2, 0.25) is 0 Å². The van der Waals surface area contributed by atoms with E-state index in [1.165, 1.54) is 32.1 Å². The molecule has 186 valence electrons. The SMILES string of the molecule is CC(C)OCC(CCC1CCC(NCC(COC(C)(C)C)OC(C)C)CC1)OC(C)C. The molecule has 0 heterocycles. The van der Waals surface area contributed by atoms with Crippen molar-refractivity contribution in [2.24, 2.45) is 5.92 Å². The second-order valence-corrected chi connectivity index (χ2v) is 11.1. The topological polar surface area (TPSA) is 49.0 Å². The van der Waals surface area contributed by atoms with Crippen molar-refractivity contribution in [2.75, 3.05) is 19.8 Å². The molecule has 5 heteroatoms. The number of rotatable bonds is 15. The molecule has 2 atom stereocenters. The maximum absolute atomic E-state index is 6.09. The Morgan fingerprint density at radius 3 is 1.87 bits per heavy atom. The first-order valence-corrected chi connectivity index (χ1v) is 12.7. The first-order chi connectivity index (χ1) is 14.4. The van der Waals surface area contributed by atoms with Crippen molar-refractivity contribution in [2.45, 2.75) is 143 Å². The van der Waals surface area contributed by atoms with Gasteiger partial charge in [0.15, 0.2) is 0 Å². The number of hydrogen-bond donors (Lipinski definition) is 1. The van der Waals surface area contributed by atoms with Crippen molar-refractivity contribution in [1.29, 1.82) is 0 Å². The maximum atomic E-state index is 6.09. The van der Waals surface area contributed by atoms with Gasteiger partial charge in [-0.15, -0.1) is 0 Å². The van der Waals surface area contributed by atoms with Crippen LogP contribution in [0.1, 0.15) is 101 Å². The van der Waals surface area contributed by atoms with Crippen molar-refractivity contribution in [3.63, 3.8) is 0 Å². The minimum atomic E-state index is -0.131. The van der Waals surface area contributed by atoms with Crippen LogP contribution in [0.15, 0.2) is 0 Å². The molecule has 31 heavy (non-hydrogen) atoms. The van der Waals surface area contributed by atoms with Gasteiger partial charge in [0.1, 0.15) is 0 Å². The molecule has 0 bridgehead atoms.